The van der Waals surface area contributed by atoms with Crippen LogP contribution in [0.15, 0.2) is 48.5 Å². The van der Waals surface area contributed by atoms with Crippen LogP contribution in [-0.4, -0.2) is 0 Å². The van der Waals surface area contributed by atoms with E-state index in [0.717, 1.165) is 16.1 Å². The summed E-state index contributed by atoms with van der Waals surface area (Å²) in [5.74, 6) is 0. The van der Waals surface area contributed by atoms with Crippen LogP contribution in [0.5, 0.6) is 0 Å². The summed E-state index contributed by atoms with van der Waals surface area (Å²) < 4.78 is 0. The summed E-state index contributed by atoms with van der Waals surface area (Å²) in [7, 11) is 0. The predicted molar refractivity (Wildman–Crippen MR) is 83.2 cm³/mol. The maximum absolute atomic E-state index is 6.46. The lowest BCUT2D eigenvalue weighted by Gasteiger charge is -2.17. The second kappa shape index (κ2) is 6.29. The summed E-state index contributed by atoms with van der Waals surface area (Å²) in [6.07, 6.45) is 0. The molecule has 2 rings (SSSR count). The molecular weight excluding hydrogens is 354 g/mol. The van der Waals surface area contributed by atoms with Crippen LogP contribution in [0, 0.1) is 0 Å². The minimum Gasteiger partial charge on any atom is -0.116 e. The number of rotatable bonds is 3. The quantitative estimate of drug-likeness (QED) is 0.552. The van der Waals surface area contributed by atoms with E-state index in [4.69, 9.17) is 34.8 Å². The molecule has 18 heavy (non-hydrogen) atoms. The van der Waals surface area contributed by atoms with Crippen molar-refractivity contribution < 1.29 is 0 Å². The van der Waals surface area contributed by atoms with Crippen molar-refractivity contribution in [2.24, 2.45) is 0 Å². The lowest BCUT2D eigenvalue weighted by atomic mass is 10.0. The molecule has 2 aromatic rings. The zero-order chi connectivity index (χ0) is 13.1. The molecule has 0 aliphatic heterocycles. The fourth-order valence-corrected chi connectivity index (χ4v) is 2.78. The third-order valence-electron chi connectivity index (χ3n) is 2.63. The SMILES string of the molecule is Clc1ccc([C@@H](Br)[C@@H](Cl)c2ccc(Cl)cc2)cc1. The molecule has 0 aliphatic rings. The molecule has 0 N–H and O–H groups in total. The van der Waals surface area contributed by atoms with Gasteiger partial charge in [-0.05, 0) is 35.4 Å². The molecular formula is C14H10BrCl3. The largest absolute Gasteiger partial charge is 0.116 e. The van der Waals surface area contributed by atoms with Crippen molar-refractivity contribution in [3.05, 3.63) is 69.7 Å². The fourth-order valence-electron chi connectivity index (χ4n) is 1.63. The number of hydrogen-bond donors (Lipinski definition) is 0. The predicted octanol–water partition coefficient (Wildman–Crippen LogP) is 6.41. The number of benzene rings is 2. The van der Waals surface area contributed by atoms with E-state index >= 15 is 0 Å². The topological polar surface area (TPSA) is 0 Å². The smallest absolute Gasteiger partial charge is 0.0751 e. The molecule has 0 aliphatic carbocycles. The van der Waals surface area contributed by atoms with Gasteiger partial charge in [-0.15, -0.1) is 11.6 Å². The van der Waals surface area contributed by atoms with Crippen molar-refractivity contribution >= 4 is 50.7 Å². The summed E-state index contributed by atoms with van der Waals surface area (Å²) in [4.78, 5) is 0.0256. The molecule has 0 bridgehead atoms. The van der Waals surface area contributed by atoms with Crippen LogP contribution in [0.2, 0.25) is 10.0 Å². The van der Waals surface area contributed by atoms with Crippen molar-refractivity contribution in [1.29, 1.82) is 0 Å². The van der Waals surface area contributed by atoms with Crippen LogP contribution in [0.4, 0.5) is 0 Å². The molecule has 0 radical (unpaired) electrons. The van der Waals surface area contributed by atoms with Crippen LogP contribution >= 0.6 is 50.7 Å². The van der Waals surface area contributed by atoms with Gasteiger partial charge >= 0.3 is 0 Å². The molecule has 0 saturated heterocycles. The highest BCUT2D eigenvalue weighted by Crippen LogP contribution is 2.41. The zero-order valence-corrected chi connectivity index (χ0v) is 13.1. The average Bonchev–Trinajstić information content (AvgIpc) is 2.39. The van der Waals surface area contributed by atoms with Gasteiger partial charge in [0.15, 0.2) is 0 Å². The van der Waals surface area contributed by atoms with E-state index in [9.17, 15) is 0 Å². The summed E-state index contributed by atoms with van der Waals surface area (Å²) in [5.41, 5.74) is 2.12. The van der Waals surface area contributed by atoms with Crippen molar-refractivity contribution in [2.45, 2.75) is 10.2 Å². The first-order valence-corrected chi connectivity index (χ1v) is 7.48. The van der Waals surface area contributed by atoms with Gasteiger partial charge in [0.05, 0.1) is 10.2 Å². The Balaban J connectivity index is 2.20. The monoisotopic (exact) mass is 362 g/mol. The van der Waals surface area contributed by atoms with Crippen molar-refractivity contribution in [3.63, 3.8) is 0 Å². The standard InChI is InChI=1S/C14H10BrCl3/c15-13(9-1-5-11(16)6-2-9)14(18)10-3-7-12(17)8-4-10/h1-8,13-14H/t13-,14+/m1/s1. The maximum Gasteiger partial charge on any atom is 0.0751 e. The van der Waals surface area contributed by atoms with E-state index in [2.05, 4.69) is 15.9 Å². The van der Waals surface area contributed by atoms with Gasteiger partial charge < -0.3 is 0 Å². The first-order chi connectivity index (χ1) is 8.58. The molecule has 0 spiro atoms. The van der Waals surface area contributed by atoms with Crippen molar-refractivity contribution in [3.8, 4) is 0 Å². The normalized spacial score (nSPS) is 14.2. The Bertz CT molecular complexity index is 458. The Morgan fingerprint density at radius 3 is 1.56 bits per heavy atom. The molecule has 0 saturated carbocycles. The van der Waals surface area contributed by atoms with Crippen LogP contribution in [0.3, 0.4) is 0 Å². The molecule has 2 atom stereocenters. The Kier molecular flexibility index (Phi) is 4.97. The molecule has 2 aromatic carbocycles. The molecule has 0 aromatic heterocycles. The lowest BCUT2D eigenvalue weighted by molar-refractivity contribution is 0.909. The third-order valence-corrected chi connectivity index (χ3v) is 5.00. The van der Waals surface area contributed by atoms with Gasteiger partial charge in [-0.25, -0.2) is 0 Å². The summed E-state index contributed by atoms with van der Waals surface area (Å²) in [6.45, 7) is 0. The van der Waals surface area contributed by atoms with Gasteiger partial charge in [-0.3, -0.25) is 0 Å². The first-order valence-electron chi connectivity index (χ1n) is 5.37. The van der Waals surface area contributed by atoms with E-state index in [1.807, 2.05) is 48.5 Å². The second-order valence-electron chi connectivity index (χ2n) is 3.91. The van der Waals surface area contributed by atoms with E-state index in [1.165, 1.54) is 0 Å². The van der Waals surface area contributed by atoms with Gasteiger partial charge in [0, 0.05) is 10.0 Å². The first kappa shape index (κ1) is 14.2. The van der Waals surface area contributed by atoms with E-state index in [0.29, 0.717) is 5.02 Å². The Morgan fingerprint density at radius 1 is 0.722 bits per heavy atom. The summed E-state index contributed by atoms with van der Waals surface area (Å²) >= 11 is 21.8. The Labute approximate surface area is 130 Å². The zero-order valence-electron chi connectivity index (χ0n) is 9.29. The van der Waals surface area contributed by atoms with Gasteiger partial charge in [-0.2, -0.15) is 0 Å². The minimum atomic E-state index is -0.163. The lowest BCUT2D eigenvalue weighted by Crippen LogP contribution is -1.99. The van der Waals surface area contributed by atoms with Crippen molar-refractivity contribution in [1.82, 2.24) is 0 Å². The summed E-state index contributed by atoms with van der Waals surface area (Å²) in [5, 5.41) is 1.26. The minimum absolute atomic E-state index is 0.0256. The highest BCUT2D eigenvalue weighted by atomic mass is 79.9. The van der Waals surface area contributed by atoms with Gasteiger partial charge in [0.2, 0.25) is 0 Å². The van der Waals surface area contributed by atoms with E-state index < -0.39 is 0 Å². The summed E-state index contributed by atoms with van der Waals surface area (Å²) in [6, 6.07) is 15.2. The third kappa shape index (κ3) is 3.42. The van der Waals surface area contributed by atoms with Crippen LogP contribution in [-0.2, 0) is 0 Å². The molecule has 0 amide bonds. The fraction of sp³-hybridized carbons (Fsp3) is 0.143. The van der Waals surface area contributed by atoms with Crippen LogP contribution in [0.25, 0.3) is 0 Å². The van der Waals surface area contributed by atoms with Crippen molar-refractivity contribution in [2.75, 3.05) is 0 Å². The molecule has 0 unspecified atom stereocenters. The number of hydrogen-bond acceptors (Lipinski definition) is 0. The Hall–Kier alpha value is -0.210. The average molecular weight is 364 g/mol. The van der Waals surface area contributed by atoms with Crippen LogP contribution < -0.4 is 0 Å². The van der Waals surface area contributed by atoms with Crippen LogP contribution in [0.1, 0.15) is 21.3 Å². The van der Waals surface area contributed by atoms with Gasteiger partial charge in [0.25, 0.3) is 0 Å². The molecule has 0 heterocycles. The molecule has 94 valence electrons. The highest BCUT2D eigenvalue weighted by Gasteiger charge is 2.19. The van der Waals surface area contributed by atoms with Gasteiger partial charge in [0.1, 0.15) is 0 Å². The van der Waals surface area contributed by atoms with E-state index in [-0.39, 0.29) is 10.2 Å². The highest BCUT2D eigenvalue weighted by molar-refractivity contribution is 9.09. The molecule has 4 heteroatoms. The van der Waals surface area contributed by atoms with Gasteiger partial charge in [-0.1, -0.05) is 63.4 Å². The molecule has 0 fully saturated rings. The maximum atomic E-state index is 6.46. The number of halogens is 4. The van der Waals surface area contributed by atoms with E-state index in [1.54, 1.807) is 0 Å². The second-order valence-corrected chi connectivity index (χ2v) is 6.24. The molecule has 0 nitrogen and oxygen atoms in total. The number of alkyl halides is 2. The Morgan fingerprint density at radius 2 is 1.11 bits per heavy atom.